The number of ether oxygens (including phenoxy) is 1. The molecule has 0 spiro atoms. The minimum absolute atomic E-state index is 0.156. The molecule has 1 aromatic rings. The first-order chi connectivity index (χ1) is 7.19. The zero-order chi connectivity index (χ0) is 11.3. The third-order valence-electron chi connectivity index (χ3n) is 1.94. The van der Waals surface area contributed by atoms with Crippen molar-refractivity contribution >= 4 is 17.5 Å². The van der Waals surface area contributed by atoms with E-state index in [1.165, 1.54) is 7.11 Å². The lowest BCUT2D eigenvalue weighted by atomic mass is 10.2. The molecule has 0 unspecified atom stereocenters. The quantitative estimate of drug-likeness (QED) is 0.858. The van der Waals surface area contributed by atoms with Crippen molar-refractivity contribution in [3.63, 3.8) is 0 Å². The molecule has 0 fully saturated rings. The molecule has 1 aromatic carbocycles. The topological polar surface area (TPSA) is 38.3 Å². The summed E-state index contributed by atoms with van der Waals surface area (Å²) in [5, 5.41) is 3.30. The van der Waals surface area contributed by atoms with Crippen LogP contribution >= 0.6 is 11.6 Å². The number of hydrogen-bond donors (Lipinski definition) is 1. The second kappa shape index (κ2) is 5.61. The predicted octanol–water partition coefficient (Wildman–Crippen LogP) is 2.49. The Morgan fingerprint density at radius 3 is 2.87 bits per heavy atom. The number of rotatable bonds is 4. The van der Waals surface area contributed by atoms with E-state index < -0.39 is 0 Å². The molecule has 0 saturated carbocycles. The van der Waals surface area contributed by atoms with Gasteiger partial charge in [-0.05, 0) is 24.6 Å². The van der Waals surface area contributed by atoms with E-state index in [1.807, 2.05) is 6.92 Å². The Bertz CT molecular complexity index is 352. The second-order valence-electron chi connectivity index (χ2n) is 3.10. The monoisotopic (exact) mass is 227 g/mol. The molecule has 0 radical (unpaired) electrons. The molecular formula is C11H14ClNO2. The highest BCUT2D eigenvalue weighted by Crippen LogP contribution is 2.22. The third kappa shape index (κ3) is 3.13. The standard InChI is InChI=1S/C11H14ClNO2/c1-3-6-13-11(14)9-7-8(12)4-5-10(9)15-2/h4-5,7H,3,6H2,1-2H3,(H,13,14). The van der Waals surface area contributed by atoms with Crippen LogP contribution < -0.4 is 10.1 Å². The Hall–Kier alpha value is -1.22. The lowest BCUT2D eigenvalue weighted by molar-refractivity contribution is 0.0950. The molecule has 1 amide bonds. The van der Waals surface area contributed by atoms with Gasteiger partial charge in [0.25, 0.3) is 5.91 Å². The van der Waals surface area contributed by atoms with Crippen molar-refractivity contribution in [3.05, 3.63) is 28.8 Å². The number of amides is 1. The first-order valence-corrected chi connectivity index (χ1v) is 5.18. The normalized spacial score (nSPS) is 9.80. The summed E-state index contributed by atoms with van der Waals surface area (Å²) in [5.74, 6) is 0.379. The Kier molecular flexibility index (Phi) is 4.43. The van der Waals surface area contributed by atoms with E-state index in [2.05, 4.69) is 5.32 Å². The van der Waals surface area contributed by atoms with Crippen LogP contribution in [0.1, 0.15) is 23.7 Å². The van der Waals surface area contributed by atoms with E-state index in [0.29, 0.717) is 22.9 Å². The van der Waals surface area contributed by atoms with Crippen LogP contribution in [0.15, 0.2) is 18.2 Å². The molecule has 3 nitrogen and oxygen atoms in total. The van der Waals surface area contributed by atoms with Crippen LogP contribution in [0.4, 0.5) is 0 Å². The Morgan fingerprint density at radius 1 is 1.53 bits per heavy atom. The van der Waals surface area contributed by atoms with Gasteiger partial charge in [-0.1, -0.05) is 18.5 Å². The molecule has 4 heteroatoms. The summed E-state index contributed by atoms with van der Waals surface area (Å²) in [4.78, 5) is 11.7. The van der Waals surface area contributed by atoms with Gasteiger partial charge in [-0.2, -0.15) is 0 Å². The lowest BCUT2D eigenvalue weighted by Gasteiger charge is -2.08. The highest BCUT2D eigenvalue weighted by Gasteiger charge is 2.11. The van der Waals surface area contributed by atoms with Gasteiger partial charge in [-0.15, -0.1) is 0 Å². The predicted molar refractivity (Wildman–Crippen MR) is 60.6 cm³/mol. The van der Waals surface area contributed by atoms with Crippen LogP contribution in [-0.2, 0) is 0 Å². The fourth-order valence-corrected chi connectivity index (χ4v) is 1.36. The number of benzene rings is 1. The molecule has 0 aliphatic rings. The summed E-state index contributed by atoms with van der Waals surface area (Å²) in [6, 6.07) is 4.98. The maximum Gasteiger partial charge on any atom is 0.255 e. The smallest absolute Gasteiger partial charge is 0.255 e. The van der Waals surface area contributed by atoms with Crippen molar-refractivity contribution in [2.24, 2.45) is 0 Å². The highest BCUT2D eigenvalue weighted by atomic mass is 35.5. The van der Waals surface area contributed by atoms with Crippen LogP contribution in [-0.4, -0.2) is 19.6 Å². The SMILES string of the molecule is CCCNC(=O)c1cc(Cl)ccc1OC. The highest BCUT2D eigenvalue weighted by molar-refractivity contribution is 6.31. The largest absolute Gasteiger partial charge is 0.496 e. The van der Waals surface area contributed by atoms with Gasteiger partial charge in [0, 0.05) is 11.6 Å². The first-order valence-electron chi connectivity index (χ1n) is 4.80. The Balaban J connectivity index is 2.90. The van der Waals surface area contributed by atoms with Crippen molar-refractivity contribution in [3.8, 4) is 5.75 Å². The van der Waals surface area contributed by atoms with Gasteiger partial charge in [0.15, 0.2) is 0 Å². The summed E-state index contributed by atoms with van der Waals surface area (Å²) in [6.07, 6.45) is 0.897. The minimum atomic E-state index is -0.156. The van der Waals surface area contributed by atoms with Gasteiger partial charge in [-0.3, -0.25) is 4.79 Å². The van der Waals surface area contributed by atoms with Gasteiger partial charge in [0.05, 0.1) is 12.7 Å². The van der Waals surface area contributed by atoms with Gasteiger partial charge >= 0.3 is 0 Å². The number of hydrogen-bond acceptors (Lipinski definition) is 2. The molecule has 0 bridgehead atoms. The number of methoxy groups -OCH3 is 1. The number of halogens is 1. The zero-order valence-corrected chi connectivity index (χ0v) is 9.60. The summed E-state index contributed by atoms with van der Waals surface area (Å²) in [5.41, 5.74) is 0.471. The molecule has 82 valence electrons. The average Bonchev–Trinajstić information content (AvgIpc) is 2.25. The van der Waals surface area contributed by atoms with Crippen LogP contribution in [0.3, 0.4) is 0 Å². The fourth-order valence-electron chi connectivity index (χ4n) is 1.19. The molecule has 0 aliphatic heterocycles. The molecular weight excluding hydrogens is 214 g/mol. The number of nitrogens with one attached hydrogen (secondary N) is 1. The molecule has 1 rings (SSSR count). The van der Waals surface area contributed by atoms with Gasteiger partial charge < -0.3 is 10.1 Å². The van der Waals surface area contributed by atoms with Gasteiger partial charge in [0.1, 0.15) is 5.75 Å². The fraction of sp³-hybridized carbons (Fsp3) is 0.364. The molecule has 0 heterocycles. The second-order valence-corrected chi connectivity index (χ2v) is 3.54. The summed E-state index contributed by atoms with van der Waals surface area (Å²) >= 11 is 5.82. The van der Waals surface area contributed by atoms with Crippen molar-refractivity contribution in [1.82, 2.24) is 5.32 Å². The van der Waals surface area contributed by atoms with E-state index >= 15 is 0 Å². The Labute approximate surface area is 94.4 Å². The van der Waals surface area contributed by atoms with E-state index in [-0.39, 0.29) is 5.91 Å². The molecule has 0 atom stereocenters. The van der Waals surface area contributed by atoms with Crippen molar-refractivity contribution in [1.29, 1.82) is 0 Å². The minimum Gasteiger partial charge on any atom is -0.496 e. The molecule has 0 aliphatic carbocycles. The molecule has 0 aromatic heterocycles. The molecule has 15 heavy (non-hydrogen) atoms. The van der Waals surface area contributed by atoms with Crippen LogP contribution in [0.25, 0.3) is 0 Å². The van der Waals surface area contributed by atoms with E-state index in [4.69, 9.17) is 16.3 Å². The van der Waals surface area contributed by atoms with Gasteiger partial charge in [0.2, 0.25) is 0 Å². The maximum absolute atomic E-state index is 11.7. The van der Waals surface area contributed by atoms with Crippen molar-refractivity contribution in [2.45, 2.75) is 13.3 Å². The van der Waals surface area contributed by atoms with Crippen molar-refractivity contribution in [2.75, 3.05) is 13.7 Å². The lowest BCUT2D eigenvalue weighted by Crippen LogP contribution is -2.24. The molecule has 0 saturated heterocycles. The van der Waals surface area contributed by atoms with Crippen LogP contribution in [0.2, 0.25) is 5.02 Å². The first kappa shape index (κ1) is 11.9. The third-order valence-corrected chi connectivity index (χ3v) is 2.18. The van der Waals surface area contributed by atoms with E-state index in [1.54, 1.807) is 18.2 Å². The summed E-state index contributed by atoms with van der Waals surface area (Å²) in [7, 11) is 1.53. The van der Waals surface area contributed by atoms with E-state index in [0.717, 1.165) is 6.42 Å². The summed E-state index contributed by atoms with van der Waals surface area (Å²) in [6.45, 7) is 2.64. The van der Waals surface area contributed by atoms with Crippen LogP contribution in [0, 0.1) is 0 Å². The number of carbonyl (C=O) groups excluding carboxylic acids is 1. The summed E-state index contributed by atoms with van der Waals surface area (Å²) < 4.78 is 5.08. The van der Waals surface area contributed by atoms with E-state index in [9.17, 15) is 4.79 Å². The maximum atomic E-state index is 11.7. The van der Waals surface area contributed by atoms with Crippen LogP contribution in [0.5, 0.6) is 5.75 Å². The van der Waals surface area contributed by atoms with Crippen molar-refractivity contribution < 1.29 is 9.53 Å². The average molecular weight is 228 g/mol. The van der Waals surface area contributed by atoms with Gasteiger partial charge in [-0.25, -0.2) is 0 Å². The zero-order valence-electron chi connectivity index (χ0n) is 8.84. The molecule has 1 N–H and O–H groups in total. The Morgan fingerprint density at radius 2 is 2.27 bits per heavy atom. The number of carbonyl (C=O) groups is 1.